The minimum atomic E-state index is -3.44. The fourth-order valence-corrected chi connectivity index (χ4v) is 1.78. The third kappa shape index (κ3) is 5.08. The molecule has 1 rings (SSSR count). The third-order valence-electron chi connectivity index (χ3n) is 2.32. The topological polar surface area (TPSA) is 72.9 Å². The van der Waals surface area contributed by atoms with Gasteiger partial charge in [-0.3, -0.25) is 0 Å². The molecule has 1 saturated heterocycles. The molecule has 0 unspecified atom stereocenters. The summed E-state index contributed by atoms with van der Waals surface area (Å²) in [5, 5.41) is 0. The summed E-state index contributed by atoms with van der Waals surface area (Å²) in [6.45, 7) is 3.16. The second kappa shape index (κ2) is 5.90. The highest BCUT2D eigenvalue weighted by atomic mass is 32.2. The van der Waals surface area contributed by atoms with Crippen LogP contribution in [0.4, 0.5) is 4.79 Å². The maximum Gasteiger partial charge on any atom is 0.409 e. The van der Waals surface area contributed by atoms with Gasteiger partial charge in [0.1, 0.15) is 6.26 Å². The van der Waals surface area contributed by atoms with Crippen molar-refractivity contribution in [2.24, 2.45) is 0 Å². The summed E-state index contributed by atoms with van der Waals surface area (Å²) in [5.74, 6) is 0. The monoisotopic (exact) mass is 263 g/mol. The molecule has 1 fully saturated rings. The van der Waals surface area contributed by atoms with Gasteiger partial charge in [0.15, 0.2) is 0 Å². The van der Waals surface area contributed by atoms with Crippen LogP contribution in [0.1, 0.15) is 19.8 Å². The first-order valence-corrected chi connectivity index (χ1v) is 7.22. The molecule has 1 aliphatic rings. The Morgan fingerprint density at radius 3 is 2.47 bits per heavy atom. The van der Waals surface area contributed by atoms with Crippen molar-refractivity contribution in [3.63, 3.8) is 0 Å². The minimum Gasteiger partial charge on any atom is -0.450 e. The summed E-state index contributed by atoms with van der Waals surface area (Å²) in [5.41, 5.74) is 0.885. The summed E-state index contributed by atoms with van der Waals surface area (Å²) in [7, 11) is -3.44. The van der Waals surface area contributed by atoms with E-state index in [0.29, 0.717) is 32.5 Å². The van der Waals surface area contributed by atoms with Crippen LogP contribution in [0.5, 0.6) is 0 Å². The highest BCUT2D eigenvalue weighted by Gasteiger charge is 2.20. The van der Waals surface area contributed by atoms with Crippen molar-refractivity contribution >= 4 is 16.2 Å². The number of likely N-dealkylation sites (tertiary alicyclic amines) is 1. The van der Waals surface area contributed by atoms with Crippen LogP contribution < -0.4 is 0 Å². The molecule has 0 aliphatic carbocycles. The Kier molecular flexibility index (Phi) is 4.80. The van der Waals surface area contributed by atoms with E-state index >= 15 is 0 Å². The van der Waals surface area contributed by atoms with Gasteiger partial charge in [0.25, 0.3) is 0 Å². The van der Waals surface area contributed by atoms with Gasteiger partial charge in [-0.15, -0.1) is 0 Å². The van der Waals surface area contributed by atoms with Gasteiger partial charge >= 0.3 is 16.2 Å². The van der Waals surface area contributed by atoms with E-state index in [4.69, 9.17) is 4.74 Å². The Morgan fingerprint density at radius 2 is 2.00 bits per heavy atom. The molecular formula is C10H17NO5S. The van der Waals surface area contributed by atoms with Crippen molar-refractivity contribution in [2.75, 3.05) is 26.0 Å². The van der Waals surface area contributed by atoms with E-state index in [0.717, 1.165) is 11.8 Å². The van der Waals surface area contributed by atoms with Gasteiger partial charge in [-0.25, -0.2) is 4.79 Å². The normalized spacial score (nSPS) is 16.6. The van der Waals surface area contributed by atoms with Crippen LogP contribution in [0.2, 0.25) is 0 Å². The zero-order chi connectivity index (χ0) is 12.9. The van der Waals surface area contributed by atoms with Crippen LogP contribution in [0, 0.1) is 0 Å². The van der Waals surface area contributed by atoms with Gasteiger partial charge in [0.2, 0.25) is 0 Å². The average molecular weight is 263 g/mol. The van der Waals surface area contributed by atoms with E-state index in [2.05, 4.69) is 4.18 Å². The van der Waals surface area contributed by atoms with Gasteiger partial charge < -0.3 is 13.8 Å². The van der Waals surface area contributed by atoms with Crippen LogP contribution in [0.15, 0.2) is 11.8 Å². The number of nitrogens with zero attached hydrogens (tertiary/aromatic N) is 1. The van der Waals surface area contributed by atoms with Crippen molar-refractivity contribution < 1.29 is 22.1 Å². The van der Waals surface area contributed by atoms with Gasteiger partial charge in [-0.2, -0.15) is 8.42 Å². The molecule has 0 aromatic rings. The number of hydrogen-bond donors (Lipinski definition) is 0. The Morgan fingerprint density at radius 1 is 1.41 bits per heavy atom. The summed E-state index contributed by atoms with van der Waals surface area (Å²) in [4.78, 5) is 13.0. The zero-order valence-electron chi connectivity index (χ0n) is 10.0. The Labute approximate surface area is 101 Å². The largest absolute Gasteiger partial charge is 0.450 e. The lowest BCUT2D eigenvalue weighted by Crippen LogP contribution is -2.36. The first-order valence-electron chi connectivity index (χ1n) is 5.40. The predicted octanol–water partition coefficient (Wildman–Crippen LogP) is 1.10. The highest BCUT2D eigenvalue weighted by molar-refractivity contribution is 7.86. The van der Waals surface area contributed by atoms with E-state index in [9.17, 15) is 13.2 Å². The molecule has 0 saturated carbocycles. The van der Waals surface area contributed by atoms with Crippen LogP contribution in [0.25, 0.3) is 0 Å². The molecule has 0 radical (unpaired) electrons. The van der Waals surface area contributed by atoms with E-state index in [1.54, 1.807) is 11.8 Å². The molecule has 1 aliphatic heterocycles. The fraction of sp³-hybridized carbons (Fsp3) is 0.700. The second-order valence-electron chi connectivity index (χ2n) is 3.76. The van der Waals surface area contributed by atoms with E-state index in [1.165, 1.54) is 6.26 Å². The van der Waals surface area contributed by atoms with Crippen molar-refractivity contribution in [2.45, 2.75) is 19.8 Å². The lowest BCUT2D eigenvalue weighted by Gasteiger charge is -2.27. The summed E-state index contributed by atoms with van der Waals surface area (Å²) >= 11 is 0. The highest BCUT2D eigenvalue weighted by Crippen LogP contribution is 2.17. The smallest absolute Gasteiger partial charge is 0.409 e. The van der Waals surface area contributed by atoms with Gasteiger partial charge in [0, 0.05) is 13.1 Å². The Hall–Kier alpha value is -1.24. The maximum atomic E-state index is 11.4. The number of amides is 1. The minimum absolute atomic E-state index is 0.324. The molecule has 0 N–H and O–H groups in total. The van der Waals surface area contributed by atoms with Gasteiger partial charge in [-0.1, -0.05) is 0 Å². The Balaban J connectivity index is 2.43. The molecule has 17 heavy (non-hydrogen) atoms. The number of hydrogen-bond acceptors (Lipinski definition) is 5. The number of carbonyl (C=O) groups is 1. The van der Waals surface area contributed by atoms with Gasteiger partial charge in [0.05, 0.1) is 12.9 Å². The SMILES string of the molecule is CCOC(=O)N1CCC(=COS(C)(=O)=O)CC1. The van der Waals surface area contributed by atoms with Crippen LogP contribution in [0.3, 0.4) is 0 Å². The number of ether oxygens (including phenoxy) is 1. The van der Waals surface area contributed by atoms with Crippen LogP contribution in [-0.2, 0) is 19.0 Å². The van der Waals surface area contributed by atoms with E-state index in [1.807, 2.05) is 0 Å². The molecule has 0 spiro atoms. The molecule has 0 aromatic carbocycles. The standard InChI is InChI=1S/C10H17NO5S/c1-3-15-10(12)11-6-4-9(5-7-11)8-16-17(2,13)14/h8H,3-7H2,1-2H3. The van der Waals surface area contributed by atoms with Crippen molar-refractivity contribution in [3.05, 3.63) is 11.8 Å². The van der Waals surface area contributed by atoms with Crippen molar-refractivity contribution in [1.82, 2.24) is 4.90 Å². The quantitative estimate of drug-likeness (QED) is 0.563. The number of piperidine rings is 1. The Bertz CT molecular complexity index is 391. The molecule has 98 valence electrons. The van der Waals surface area contributed by atoms with Crippen molar-refractivity contribution in [3.8, 4) is 0 Å². The molecule has 1 heterocycles. The first-order chi connectivity index (χ1) is 7.92. The predicted molar refractivity (Wildman–Crippen MR) is 61.8 cm³/mol. The third-order valence-corrected chi connectivity index (χ3v) is 2.77. The first kappa shape index (κ1) is 13.8. The number of carbonyl (C=O) groups excluding carboxylic acids is 1. The van der Waals surface area contributed by atoms with Crippen LogP contribution >= 0.6 is 0 Å². The van der Waals surface area contributed by atoms with E-state index in [-0.39, 0.29) is 6.09 Å². The molecule has 7 heteroatoms. The molecule has 1 amide bonds. The number of rotatable bonds is 3. The zero-order valence-corrected chi connectivity index (χ0v) is 10.8. The van der Waals surface area contributed by atoms with Crippen molar-refractivity contribution in [1.29, 1.82) is 0 Å². The molecule has 6 nitrogen and oxygen atoms in total. The molecular weight excluding hydrogens is 246 g/mol. The van der Waals surface area contributed by atoms with Crippen LogP contribution in [-0.4, -0.2) is 45.4 Å². The fourth-order valence-electron chi connectivity index (χ4n) is 1.46. The molecule has 0 bridgehead atoms. The summed E-state index contributed by atoms with van der Waals surface area (Å²) < 4.78 is 31.0. The lowest BCUT2D eigenvalue weighted by molar-refractivity contribution is 0.104. The lowest BCUT2D eigenvalue weighted by atomic mass is 10.1. The maximum absolute atomic E-state index is 11.4. The van der Waals surface area contributed by atoms with Gasteiger partial charge in [-0.05, 0) is 25.3 Å². The molecule has 0 atom stereocenters. The molecule has 0 aromatic heterocycles. The second-order valence-corrected chi connectivity index (χ2v) is 5.36. The van der Waals surface area contributed by atoms with E-state index < -0.39 is 10.1 Å². The summed E-state index contributed by atoms with van der Waals surface area (Å²) in [6, 6.07) is 0. The summed E-state index contributed by atoms with van der Waals surface area (Å²) in [6.07, 6.45) is 3.15. The average Bonchev–Trinajstić information content (AvgIpc) is 2.26.